The quantitative estimate of drug-likeness (QED) is 0.266. The largest absolute Gasteiger partial charge is 0.444 e. The highest BCUT2D eigenvalue weighted by molar-refractivity contribution is 9.10. The Kier molecular flexibility index (Phi) is 9.66. The Labute approximate surface area is 226 Å². The number of aromatic nitrogens is 1. The zero-order valence-corrected chi connectivity index (χ0v) is 23.3. The number of nitrogens with zero attached hydrogens (tertiary/aromatic N) is 2. The van der Waals surface area contributed by atoms with E-state index in [-0.39, 0.29) is 6.61 Å². The molecule has 1 heterocycles. The first-order chi connectivity index (χ1) is 17.5. The molecule has 0 bridgehead atoms. The van der Waals surface area contributed by atoms with Crippen LogP contribution in [0.15, 0.2) is 70.2 Å². The van der Waals surface area contributed by atoms with E-state index in [9.17, 15) is 9.59 Å². The first-order valence-electron chi connectivity index (χ1n) is 11.9. The van der Waals surface area contributed by atoms with Crippen molar-refractivity contribution < 1.29 is 19.1 Å². The Morgan fingerprint density at radius 2 is 1.76 bits per heavy atom. The topological polar surface area (TPSA) is 93.9 Å². The zero-order chi connectivity index (χ0) is 27.0. The van der Waals surface area contributed by atoms with E-state index < -0.39 is 23.6 Å². The van der Waals surface area contributed by atoms with Crippen LogP contribution >= 0.6 is 15.9 Å². The van der Waals surface area contributed by atoms with Crippen LogP contribution in [0.25, 0.3) is 5.69 Å². The van der Waals surface area contributed by atoms with Crippen LogP contribution in [0.2, 0.25) is 0 Å². The monoisotopic (exact) mass is 568 g/mol. The van der Waals surface area contributed by atoms with E-state index in [0.29, 0.717) is 6.61 Å². The molecule has 9 heteroatoms. The third-order valence-electron chi connectivity index (χ3n) is 5.34. The molecule has 0 radical (unpaired) electrons. The summed E-state index contributed by atoms with van der Waals surface area (Å²) in [5, 5.41) is 6.72. The average Bonchev–Trinajstić information content (AvgIpc) is 3.11. The molecule has 0 aliphatic rings. The summed E-state index contributed by atoms with van der Waals surface area (Å²) in [6.45, 7) is 9.51. The molecule has 0 unspecified atom stereocenters. The van der Waals surface area contributed by atoms with Crippen molar-refractivity contribution in [2.75, 3.05) is 6.61 Å². The van der Waals surface area contributed by atoms with Crippen molar-refractivity contribution >= 4 is 34.1 Å². The molecule has 2 aromatic carbocycles. The second-order valence-electron chi connectivity index (χ2n) is 9.57. The first-order valence-corrected chi connectivity index (χ1v) is 12.7. The minimum Gasteiger partial charge on any atom is -0.444 e. The summed E-state index contributed by atoms with van der Waals surface area (Å²) in [6, 6.07) is 18.6. The number of ether oxygens (including phenoxy) is 2. The van der Waals surface area contributed by atoms with Crippen LogP contribution in [0, 0.1) is 13.8 Å². The van der Waals surface area contributed by atoms with Gasteiger partial charge in [0.1, 0.15) is 11.6 Å². The van der Waals surface area contributed by atoms with Crippen LogP contribution in [0.1, 0.15) is 43.3 Å². The summed E-state index contributed by atoms with van der Waals surface area (Å²) < 4.78 is 14.1. The van der Waals surface area contributed by atoms with Gasteiger partial charge in [-0.25, -0.2) is 10.2 Å². The fourth-order valence-corrected chi connectivity index (χ4v) is 3.92. The predicted octanol–water partition coefficient (Wildman–Crippen LogP) is 5.42. The van der Waals surface area contributed by atoms with Gasteiger partial charge in [0, 0.05) is 27.1 Å². The molecule has 3 rings (SSSR count). The number of hydrogen-bond acceptors (Lipinski definition) is 5. The van der Waals surface area contributed by atoms with Crippen molar-refractivity contribution in [3.8, 4) is 5.69 Å². The number of carbonyl (C=O) groups is 2. The van der Waals surface area contributed by atoms with E-state index in [1.54, 1.807) is 27.0 Å². The molecule has 0 fully saturated rings. The lowest BCUT2D eigenvalue weighted by Gasteiger charge is -2.22. The molecule has 0 aliphatic heterocycles. The molecule has 2 amide bonds. The fourth-order valence-electron chi connectivity index (χ4n) is 3.65. The molecule has 0 spiro atoms. The molecule has 1 atom stereocenters. The van der Waals surface area contributed by atoms with Crippen molar-refractivity contribution in [1.82, 2.24) is 15.3 Å². The average molecular weight is 570 g/mol. The number of halogens is 1. The van der Waals surface area contributed by atoms with E-state index in [0.717, 1.165) is 32.7 Å². The third-order valence-corrected chi connectivity index (χ3v) is 5.87. The summed E-state index contributed by atoms with van der Waals surface area (Å²) in [4.78, 5) is 25.2. The maximum Gasteiger partial charge on any atom is 0.408 e. The number of amides is 2. The molecule has 37 heavy (non-hydrogen) atoms. The molecule has 196 valence electrons. The Balaban J connectivity index is 1.67. The molecule has 0 aliphatic carbocycles. The first kappa shape index (κ1) is 28.1. The molecular formula is C28H33BrN4O4. The summed E-state index contributed by atoms with van der Waals surface area (Å²) in [7, 11) is 0. The van der Waals surface area contributed by atoms with Gasteiger partial charge in [-0.3, -0.25) is 4.79 Å². The lowest BCUT2D eigenvalue weighted by molar-refractivity contribution is -0.124. The Morgan fingerprint density at radius 3 is 2.41 bits per heavy atom. The highest BCUT2D eigenvalue weighted by Crippen LogP contribution is 2.21. The molecule has 3 aromatic rings. The van der Waals surface area contributed by atoms with Crippen molar-refractivity contribution in [1.29, 1.82) is 0 Å². The lowest BCUT2D eigenvalue weighted by atomic mass is 10.2. The number of carbonyl (C=O) groups excluding carboxylic acids is 2. The minimum atomic E-state index is -0.995. The van der Waals surface area contributed by atoms with Gasteiger partial charge in [-0.2, -0.15) is 5.10 Å². The van der Waals surface area contributed by atoms with Crippen LogP contribution in [-0.4, -0.2) is 41.0 Å². The highest BCUT2D eigenvalue weighted by atomic mass is 79.9. The number of hydrogen-bond donors (Lipinski definition) is 2. The summed E-state index contributed by atoms with van der Waals surface area (Å²) >= 11 is 3.46. The van der Waals surface area contributed by atoms with Crippen LogP contribution < -0.4 is 10.7 Å². The molecule has 0 saturated carbocycles. The zero-order valence-electron chi connectivity index (χ0n) is 21.7. The van der Waals surface area contributed by atoms with Crippen molar-refractivity contribution in [2.45, 2.75) is 52.9 Å². The van der Waals surface area contributed by atoms with Crippen LogP contribution in [0.5, 0.6) is 0 Å². The van der Waals surface area contributed by atoms with Gasteiger partial charge in [-0.05, 0) is 70.5 Å². The summed E-state index contributed by atoms with van der Waals surface area (Å²) in [6.07, 6.45) is 0.878. The number of nitrogens with one attached hydrogen (secondary N) is 2. The summed E-state index contributed by atoms with van der Waals surface area (Å²) in [5.74, 6) is -0.517. The lowest BCUT2D eigenvalue weighted by Crippen LogP contribution is -2.49. The number of rotatable bonds is 9. The van der Waals surface area contributed by atoms with Gasteiger partial charge in [-0.1, -0.05) is 46.3 Å². The molecular weight excluding hydrogens is 536 g/mol. The van der Waals surface area contributed by atoms with Crippen LogP contribution in [0.3, 0.4) is 0 Å². The van der Waals surface area contributed by atoms with Crippen molar-refractivity contribution in [2.24, 2.45) is 5.10 Å². The van der Waals surface area contributed by atoms with Gasteiger partial charge in [0.15, 0.2) is 0 Å². The molecule has 0 saturated heterocycles. The molecule has 8 nitrogen and oxygen atoms in total. The Bertz CT molecular complexity index is 1230. The number of benzene rings is 2. The predicted molar refractivity (Wildman–Crippen MR) is 148 cm³/mol. The van der Waals surface area contributed by atoms with Gasteiger partial charge in [-0.15, -0.1) is 0 Å². The SMILES string of the molecule is Cc1cc(/C=N\NC(=O)[C@H](COCc2ccccc2)NC(=O)OC(C)(C)C)c(C)n1-c1ccc(Br)cc1. The third kappa shape index (κ3) is 8.58. The second-order valence-corrected chi connectivity index (χ2v) is 10.5. The summed E-state index contributed by atoms with van der Waals surface area (Å²) in [5.41, 5.74) is 6.67. The van der Waals surface area contributed by atoms with Gasteiger partial charge >= 0.3 is 6.09 Å². The van der Waals surface area contributed by atoms with Crippen LogP contribution in [-0.2, 0) is 20.9 Å². The second kappa shape index (κ2) is 12.7. The standard InChI is InChI=1S/C28H33BrN4O4/c1-19-15-22(20(2)33(19)24-13-11-23(29)12-14-24)16-30-32-26(34)25(31-27(35)37-28(3,4)5)18-36-17-21-9-7-6-8-10-21/h6-16,25H,17-18H2,1-5H3,(H,31,35)(H,32,34)/b30-16-/t25-/m0/s1. The van der Waals surface area contributed by atoms with E-state index in [1.165, 1.54) is 0 Å². The Morgan fingerprint density at radius 1 is 1.08 bits per heavy atom. The number of alkyl carbamates (subject to hydrolysis) is 1. The van der Waals surface area contributed by atoms with E-state index in [4.69, 9.17) is 9.47 Å². The van der Waals surface area contributed by atoms with E-state index >= 15 is 0 Å². The number of hydrazone groups is 1. The maximum absolute atomic E-state index is 12.9. The van der Waals surface area contributed by atoms with Gasteiger partial charge in [0.05, 0.1) is 19.4 Å². The van der Waals surface area contributed by atoms with Crippen LogP contribution in [0.4, 0.5) is 4.79 Å². The smallest absolute Gasteiger partial charge is 0.408 e. The van der Waals surface area contributed by atoms with Gasteiger partial charge in [0.25, 0.3) is 5.91 Å². The van der Waals surface area contributed by atoms with Gasteiger partial charge in [0.2, 0.25) is 0 Å². The van der Waals surface area contributed by atoms with Crippen molar-refractivity contribution in [3.63, 3.8) is 0 Å². The fraction of sp³-hybridized carbons (Fsp3) is 0.321. The highest BCUT2D eigenvalue weighted by Gasteiger charge is 2.24. The molecule has 2 N–H and O–H groups in total. The number of aryl methyl sites for hydroxylation is 1. The maximum atomic E-state index is 12.9. The van der Waals surface area contributed by atoms with Gasteiger partial charge < -0.3 is 19.4 Å². The molecule has 1 aromatic heterocycles. The van der Waals surface area contributed by atoms with Crippen molar-refractivity contribution in [3.05, 3.63) is 87.7 Å². The normalized spacial score (nSPS) is 12.4. The van der Waals surface area contributed by atoms with E-state index in [1.807, 2.05) is 74.5 Å². The van der Waals surface area contributed by atoms with E-state index in [2.05, 4.69) is 36.3 Å². The Hall–Kier alpha value is -3.43. The minimum absolute atomic E-state index is 0.0480.